The molecule has 1 heterocycles. The van der Waals surface area contributed by atoms with E-state index in [0.717, 1.165) is 25.8 Å². The van der Waals surface area contributed by atoms with Gasteiger partial charge in [0.25, 0.3) is 0 Å². The normalized spacial score (nSPS) is 21.2. The Morgan fingerprint density at radius 1 is 1.47 bits per heavy atom. The number of aliphatic imine (C=N–C) groups is 1. The standard InChI is InChI=1S/C14H28N4O/c1-9(2)13(19)12(17-10(3)4)6-5-11-7-8-16-14(15)18-11/h9-12,17H,5-8H2,1-4H3,(H3,15,16,18). The average Bonchev–Trinajstić information content (AvgIpc) is 2.33. The van der Waals surface area contributed by atoms with Crippen LogP contribution in [-0.4, -0.2) is 36.4 Å². The van der Waals surface area contributed by atoms with Crippen molar-refractivity contribution in [1.29, 1.82) is 0 Å². The molecule has 0 bridgehead atoms. The van der Waals surface area contributed by atoms with Crippen molar-refractivity contribution in [2.24, 2.45) is 16.6 Å². The topological polar surface area (TPSA) is 79.5 Å². The molecule has 5 heteroatoms. The third-order valence-electron chi connectivity index (χ3n) is 3.36. The van der Waals surface area contributed by atoms with Gasteiger partial charge in [-0.2, -0.15) is 0 Å². The van der Waals surface area contributed by atoms with Crippen molar-refractivity contribution >= 4 is 11.7 Å². The highest BCUT2D eigenvalue weighted by Gasteiger charge is 2.23. The van der Waals surface area contributed by atoms with E-state index in [1.807, 2.05) is 13.8 Å². The molecule has 0 radical (unpaired) electrons. The van der Waals surface area contributed by atoms with Gasteiger partial charge in [0.15, 0.2) is 11.7 Å². The SMILES string of the molecule is CC(C)NC(CCC1CCN=C(N)N1)C(=O)C(C)C. The lowest BCUT2D eigenvalue weighted by molar-refractivity contribution is -0.124. The molecule has 2 unspecified atom stereocenters. The van der Waals surface area contributed by atoms with E-state index in [1.165, 1.54) is 0 Å². The summed E-state index contributed by atoms with van der Waals surface area (Å²) in [6.07, 6.45) is 2.78. The lowest BCUT2D eigenvalue weighted by Gasteiger charge is -2.26. The van der Waals surface area contributed by atoms with Gasteiger partial charge in [-0.05, 0) is 19.3 Å². The van der Waals surface area contributed by atoms with E-state index in [9.17, 15) is 4.79 Å². The minimum Gasteiger partial charge on any atom is -0.370 e. The number of Topliss-reactive ketones (excluding diaryl/α,β-unsaturated/α-hetero) is 1. The summed E-state index contributed by atoms with van der Waals surface area (Å²) >= 11 is 0. The number of nitrogens with two attached hydrogens (primary N) is 1. The summed E-state index contributed by atoms with van der Waals surface area (Å²) in [4.78, 5) is 16.3. The zero-order valence-corrected chi connectivity index (χ0v) is 12.6. The molecule has 0 aliphatic carbocycles. The molecule has 0 fully saturated rings. The summed E-state index contributed by atoms with van der Waals surface area (Å²) in [7, 11) is 0. The molecule has 5 nitrogen and oxygen atoms in total. The Bertz CT molecular complexity index is 325. The Balaban J connectivity index is 2.48. The number of nitrogens with zero attached hydrogens (tertiary/aromatic N) is 1. The van der Waals surface area contributed by atoms with Crippen LogP contribution in [0.2, 0.25) is 0 Å². The summed E-state index contributed by atoms with van der Waals surface area (Å²) in [5, 5.41) is 6.55. The van der Waals surface area contributed by atoms with Crippen LogP contribution in [0.3, 0.4) is 0 Å². The molecule has 0 spiro atoms. The molecule has 1 rings (SSSR count). The van der Waals surface area contributed by atoms with Crippen molar-refractivity contribution in [3.05, 3.63) is 0 Å². The van der Waals surface area contributed by atoms with Gasteiger partial charge in [-0.25, -0.2) is 0 Å². The number of nitrogens with one attached hydrogen (secondary N) is 2. The molecule has 0 aromatic heterocycles. The fraction of sp³-hybridized carbons (Fsp3) is 0.857. The fourth-order valence-electron chi connectivity index (χ4n) is 2.36. The van der Waals surface area contributed by atoms with Crippen molar-refractivity contribution in [1.82, 2.24) is 10.6 Å². The molecule has 4 N–H and O–H groups in total. The molecule has 0 aromatic rings. The van der Waals surface area contributed by atoms with E-state index in [4.69, 9.17) is 5.73 Å². The van der Waals surface area contributed by atoms with E-state index in [2.05, 4.69) is 29.5 Å². The highest BCUT2D eigenvalue weighted by molar-refractivity contribution is 5.85. The van der Waals surface area contributed by atoms with E-state index in [1.54, 1.807) is 0 Å². The number of hydrogen-bond acceptors (Lipinski definition) is 5. The number of carbonyl (C=O) groups excluding carboxylic acids is 1. The Kier molecular flexibility index (Phi) is 6.28. The number of guanidine groups is 1. The third-order valence-corrected chi connectivity index (χ3v) is 3.36. The number of carbonyl (C=O) groups is 1. The molecule has 110 valence electrons. The maximum atomic E-state index is 12.2. The number of ketones is 1. The predicted octanol–water partition coefficient (Wildman–Crippen LogP) is 1.03. The van der Waals surface area contributed by atoms with E-state index < -0.39 is 0 Å². The van der Waals surface area contributed by atoms with Crippen molar-refractivity contribution in [2.45, 2.75) is 65.1 Å². The molecular weight excluding hydrogens is 240 g/mol. The van der Waals surface area contributed by atoms with Gasteiger partial charge in [-0.3, -0.25) is 9.79 Å². The third kappa shape index (κ3) is 5.59. The Morgan fingerprint density at radius 3 is 2.68 bits per heavy atom. The molecule has 0 amide bonds. The second-order valence-corrected chi connectivity index (χ2v) is 5.91. The van der Waals surface area contributed by atoms with E-state index in [-0.39, 0.29) is 12.0 Å². The van der Waals surface area contributed by atoms with Gasteiger partial charge in [0.1, 0.15) is 0 Å². The zero-order valence-electron chi connectivity index (χ0n) is 12.6. The summed E-state index contributed by atoms with van der Waals surface area (Å²) in [5.74, 6) is 0.896. The lowest BCUT2D eigenvalue weighted by atomic mass is 9.94. The Morgan fingerprint density at radius 2 is 2.16 bits per heavy atom. The molecule has 1 aliphatic heterocycles. The van der Waals surface area contributed by atoms with E-state index >= 15 is 0 Å². The molecule has 0 saturated carbocycles. The Hall–Kier alpha value is -1.10. The summed E-state index contributed by atoms with van der Waals surface area (Å²) in [6.45, 7) is 8.85. The largest absolute Gasteiger partial charge is 0.370 e. The van der Waals surface area contributed by atoms with Crippen molar-refractivity contribution in [3.63, 3.8) is 0 Å². The van der Waals surface area contributed by atoms with Crippen LogP contribution in [0.25, 0.3) is 0 Å². The predicted molar refractivity (Wildman–Crippen MR) is 79.2 cm³/mol. The summed E-state index contributed by atoms with van der Waals surface area (Å²) in [6, 6.07) is 0.606. The highest BCUT2D eigenvalue weighted by Crippen LogP contribution is 2.12. The zero-order chi connectivity index (χ0) is 14.4. The van der Waals surface area contributed by atoms with Gasteiger partial charge >= 0.3 is 0 Å². The average molecular weight is 268 g/mol. The van der Waals surface area contributed by atoms with Crippen LogP contribution < -0.4 is 16.4 Å². The fourth-order valence-corrected chi connectivity index (χ4v) is 2.36. The number of rotatable bonds is 7. The Labute approximate surface area is 116 Å². The van der Waals surface area contributed by atoms with E-state index in [0.29, 0.717) is 23.8 Å². The summed E-state index contributed by atoms with van der Waals surface area (Å²) in [5.41, 5.74) is 5.68. The lowest BCUT2D eigenvalue weighted by Crippen LogP contribution is -2.46. The van der Waals surface area contributed by atoms with Crippen LogP contribution in [-0.2, 0) is 4.79 Å². The van der Waals surface area contributed by atoms with Crippen molar-refractivity contribution in [3.8, 4) is 0 Å². The molecule has 2 atom stereocenters. The van der Waals surface area contributed by atoms with Crippen molar-refractivity contribution < 1.29 is 4.79 Å². The molecule has 19 heavy (non-hydrogen) atoms. The van der Waals surface area contributed by atoms with Gasteiger partial charge in [-0.15, -0.1) is 0 Å². The minimum atomic E-state index is -0.0538. The first kappa shape index (κ1) is 16.0. The molecular formula is C14H28N4O. The van der Waals surface area contributed by atoms with Gasteiger partial charge in [-0.1, -0.05) is 27.7 Å². The first-order valence-electron chi connectivity index (χ1n) is 7.26. The van der Waals surface area contributed by atoms with Crippen LogP contribution in [0, 0.1) is 5.92 Å². The van der Waals surface area contributed by atoms with Crippen LogP contribution >= 0.6 is 0 Å². The van der Waals surface area contributed by atoms with Gasteiger partial charge in [0, 0.05) is 24.5 Å². The minimum absolute atomic E-state index is 0.0538. The van der Waals surface area contributed by atoms with Crippen LogP contribution in [0.5, 0.6) is 0 Å². The maximum absolute atomic E-state index is 12.2. The monoisotopic (exact) mass is 268 g/mol. The second kappa shape index (κ2) is 7.48. The van der Waals surface area contributed by atoms with Gasteiger partial charge in [0.05, 0.1) is 6.04 Å². The van der Waals surface area contributed by atoms with Crippen LogP contribution in [0.4, 0.5) is 0 Å². The van der Waals surface area contributed by atoms with Gasteiger partial charge in [0.2, 0.25) is 0 Å². The molecule has 1 aliphatic rings. The quantitative estimate of drug-likeness (QED) is 0.644. The van der Waals surface area contributed by atoms with Gasteiger partial charge < -0.3 is 16.4 Å². The number of hydrogen-bond donors (Lipinski definition) is 3. The molecule has 0 aromatic carbocycles. The second-order valence-electron chi connectivity index (χ2n) is 5.91. The smallest absolute Gasteiger partial charge is 0.188 e. The molecule has 0 saturated heterocycles. The highest BCUT2D eigenvalue weighted by atomic mass is 16.1. The van der Waals surface area contributed by atoms with Crippen molar-refractivity contribution in [2.75, 3.05) is 6.54 Å². The maximum Gasteiger partial charge on any atom is 0.188 e. The first-order chi connectivity index (χ1) is 8.90. The van der Waals surface area contributed by atoms with Crippen LogP contribution in [0.15, 0.2) is 4.99 Å². The first-order valence-corrected chi connectivity index (χ1v) is 7.26. The van der Waals surface area contributed by atoms with Crippen LogP contribution in [0.1, 0.15) is 47.0 Å². The summed E-state index contributed by atoms with van der Waals surface area (Å²) < 4.78 is 0.